The van der Waals surface area contributed by atoms with Gasteiger partial charge in [-0.1, -0.05) is 29.8 Å². The Kier molecular flexibility index (Phi) is 3.90. The van der Waals surface area contributed by atoms with Gasteiger partial charge >= 0.3 is 0 Å². The van der Waals surface area contributed by atoms with Crippen molar-refractivity contribution < 1.29 is 0 Å². The Balaban J connectivity index is 1.67. The maximum absolute atomic E-state index is 6.07. The Morgan fingerprint density at radius 1 is 1.30 bits per heavy atom. The highest BCUT2D eigenvalue weighted by molar-refractivity contribution is 6.30. The van der Waals surface area contributed by atoms with E-state index in [-0.39, 0.29) is 0 Å². The molecule has 1 aromatic heterocycles. The zero-order valence-electron chi connectivity index (χ0n) is 11.3. The van der Waals surface area contributed by atoms with Gasteiger partial charge in [0.25, 0.3) is 0 Å². The molecule has 20 heavy (non-hydrogen) atoms. The summed E-state index contributed by atoms with van der Waals surface area (Å²) in [7, 11) is 0. The number of likely N-dealkylation sites (tertiary alicyclic amines) is 1. The third-order valence-electron chi connectivity index (χ3n) is 3.91. The van der Waals surface area contributed by atoms with Crippen molar-refractivity contribution in [3.05, 3.63) is 58.7 Å². The van der Waals surface area contributed by atoms with Crippen LogP contribution in [0.2, 0.25) is 5.02 Å². The summed E-state index contributed by atoms with van der Waals surface area (Å²) in [4.78, 5) is 6.57. The summed E-state index contributed by atoms with van der Waals surface area (Å²) in [6, 6.07) is 12.2. The Bertz CT molecular complexity index is 600. The third-order valence-corrected chi connectivity index (χ3v) is 4.15. The molecule has 3 rings (SSSR count). The van der Waals surface area contributed by atoms with E-state index in [0.717, 1.165) is 30.2 Å². The van der Waals surface area contributed by atoms with E-state index in [2.05, 4.69) is 28.1 Å². The van der Waals surface area contributed by atoms with Crippen LogP contribution in [-0.2, 0) is 6.54 Å². The van der Waals surface area contributed by atoms with Crippen molar-refractivity contribution in [2.45, 2.75) is 18.9 Å². The normalized spacial score (nSPS) is 19.4. The molecule has 0 spiro atoms. The standard InChI is InChI=1S/C16H18ClN3/c17-15-5-1-3-12(9-15)13-6-8-20(10-13)11-14-4-2-7-19-16(14)18/h1-5,7,9,13H,6,8,10-11H2,(H2,18,19). The zero-order chi connectivity index (χ0) is 13.9. The number of nitrogen functional groups attached to an aromatic ring is 1. The van der Waals surface area contributed by atoms with Crippen LogP contribution in [0.4, 0.5) is 5.82 Å². The molecule has 2 heterocycles. The van der Waals surface area contributed by atoms with Crippen molar-refractivity contribution in [2.75, 3.05) is 18.8 Å². The molecular weight excluding hydrogens is 270 g/mol. The number of rotatable bonds is 3. The predicted octanol–water partition coefficient (Wildman–Crippen LogP) is 3.31. The van der Waals surface area contributed by atoms with Crippen LogP contribution in [0, 0.1) is 0 Å². The predicted molar refractivity (Wildman–Crippen MR) is 82.7 cm³/mol. The first-order valence-electron chi connectivity index (χ1n) is 6.89. The summed E-state index contributed by atoms with van der Waals surface area (Å²) in [5, 5.41) is 0.817. The number of hydrogen-bond donors (Lipinski definition) is 1. The van der Waals surface area contributed by atoms with Gasteiger partial charge < -0.3 is 5.73 Å². The molecule has 4 heteroatoms. The number of halogens is 1. The van der Waals surface area contributed by atoms with Crippen molar-refractivity contribution in [1.82, 2.24) is 9.88 Å². The molecular formula is C16H18ClN3. The average Bonchev–Trinajstić information content (AvgIpc) is 2.90. The summed E-state index contributed by atoms with van der Waals surface area (Å²) >= 11 is 6.07. The largest absolute Gasteiger partial charge is 0.383 e. The van der Waals surface area contributed by atoms with Gasteiger partial charge in [0.05, 0.1) is 0 Å². The van der Waals surface area contributed by atoms with Gasteiger partial charge in [0.15, 0.2) is 0 Å². The quantitative estimate of drug-likeness (QED) is 0.942. The Morgan fingerprint density at radius 2 is 2.20 bits per heavy atom. The molecule has 1 fully saturated rings. The highest BCUT2D eigenvalue weighted by Gasteiger charge is 2.24. The topological polar surface area (TPSA) is 42.1 Å². The van der Waals surface area contributed by atoms with Crippen molar-refractivity contribution in [3.8, 4) is 0 Å². The van der Waals surface area contributed by atoms with Crippen LogP contribution in [0.15, 0.2) is 42.6 Å². The first-order valence-corrected chi connectivity index (χ1v) is 7.27. The zero-order valence-corrected chi connectivity index (χ0v) is 12.1. The Labute approximate surface area is 124 Å². The number of anilines is 1. The number of benzene rings is 1. The lowest BCUT2D eigenvalue weighted by Gasteiger charge is -2.17. The average molecular weight is 288 g/mol. The van der Waals surface area contributed by atoms with Crippen LogP contribution < -0.4 is 5.73 Å². The van der Waals surface area contributed by atoms with Crippen LogP contribution in [0.1, 0.15) is 23.5 Å². The third kappa shape index (κ3) is 2.94. The summed E-state index contributed by atoms with van der Waals surface area (Å²) in [6.45, 7) is 3.01. The fraction of sp³-hybridized carbons (Fsp3) is 0.312. The number of nitrogens with two attached hydrogens (primary N) is 1. The molecule has 2 aromatic rings. The monoisotopic (exact) mass is 287 g/mol. The van der Waals surface area contributed by atoms with Gasteiger partial charge in [0, 0.05) is 29.9 Å². The summed E-state index contributed by atoms with van der Waals surface area (Å²) < 4.78 is 0. The van der Waals surface area contributed by atoms with E-state index in [9.17, 15) is 0 Å². The second kappa shape index (κ2) is 5.81. The molecule has 0 radical (unpaired) electrons. The SMILES string of the molecule is Nc1ncccc1CN1CCC(c2cccc(Cl)c2)C1. The summed E-state index contributed by atoms with van der Waals surface area (Å²) in [6.07, 6.45) is 2.90. The highest BCUT2D eigenvalue weighted by atomic mass is 35.5. The first-order chi connectivity index (χ1) is 9.72. The second-order valence-electron chi connectivity index (χ2n) is 5.32. The van der Waals surface area contributed by atoms with E-state index in [4.69, 9.17) is 17.3 Å². The molecule has 2 N–H and O–H groups in total. The van der Waals surface area contributed by atoms with E-state index in [0.29, 0.717) is 11.7 Å². The molecule has 0 amide bonds. The van der Waals surface area contributed by atoms with Crippen LogP contribution in [0.5, 0.6) is 0 Å². The summed E-state index contributed by atoms with van der Waals surface area (Å²) in [5.41, 5.74) is 8.35. The smallest absolute Gasteiger partial charge is 0.127 e. The lowest BCUT2D eigenvalue weighted by Crippen LogP contribution is -2.20. The molecule has 0 saturated carbocycles. The molecule has 1 unspecified atom stereocenters. The maximum Gasteiger partial charge on any atom is 0.127 e. The molecule has 104 valence electrons. The van der Waals surface area contributed by atoms with E-state index in [1.54, 1.807) is 6.20 Å². The van der Waals surface area contributed by atoms with Gasteiger partial charge in [-0.2, -0.15) is 0 Å². The second-order valence-corrected chi connectivity index (χ2v) is 5.76. The van der Waals surface area contributed by atoms with E-state index in [1.165, 1.54) is 12.0 Å². The van der Waals surface area contributed by atoms with Crippen molar-refractivity contribution in [1.29, 1.82) is 0 Å². The number of nitrogens with zero attached hydrogens (tertiary/aromatic N) is 2. The van der Waals surface area contributed by atoms with Gasteiger partial charge in [-0.3, -0.25) is 4.90 Å². The van der Waals surface area contributed by atoms with Gasteiger partial charge in [-0.25, -0.2) is 4.98 Å². The van der Waals surface area contributed by atoms with E-state index in [1.807, 2.05) is 18.2 Å². The Hall–Kier alpha value is -1.58. The summed E-state index contributed by atoms with van der Waals surface area (Å²) in [5.74, 6) is 1.20. The molecule has 1 aliphatic heterocycles. The minimum absolute atomic E-state index is 0.562. The molecule has 1 aliphatic rings. The van der Waals surface area contributed by atoms with Crippen LogP contribution >= 0.6 is 11.6 Å². The molecule has 1 saturated heterocycles. The van der Waals surface area contributed by atoms with E-state index >= 15 is 0 Å². The lowest BCUT2D eigenvalue weighted by atomic mass is 9.99. The van der Waals surface area contributed by atoms with Crippen molar-refractivity contribution in [2.24, 2.45) is 0 Å². The van der Waals surface area contributed by atoms with Crippen molar-refractivity contribution in [3.63, 3.8) is 0 Å². The van der Waals surface area contributed by atoms with Crippen LogP contribution in [0.25, 0.3) is 0 Å². The van der Waals surface area contributed by atoms with Gasteiger partial charge in [0.2, 0.25) is 0 Å². The number of aromatic nitrogens is 1. The van der Waals surface area contributed by atoms with Gasteiger partial charge in [0.1, 0.15) is 5.82 Å². The number of hydrogen-bond acceptors (Lipinski definition) is 3. The minimum Gasteiger partial charge on any atom is -0.383 e. The molecule has 0 bridgehead atoms. The van der Waals surface area contributed by atoms with E-state index < -0.39 is 0 Å². The van der Waals surface area contributed by atoms with Gasteiger partial charge in [-0.15, -0.1) is 0 Å². The highest BCUT2D eigenvalue weighted by Crippen LogP contribution is 2.29. The van der Waals surface area contributed by atoms with Crippen molar-refractivity contribution >= 4 is 17.4 Å². The fourth-order valence-electron chi connectivity index (χ4n) is 2.83. The number of pyridine rings is 1. The maximum atomic E-state index is 6.07. The molecule has 1 aromatic carbocycles. The Morgan fingerprint density at radius 3 is 3.00 bits per heavy atom. The van der Waals surface area contributed by atoms with Crippen LogP contribution in [0.3, 0.4) is 0 Å². The van der Waals surface area contributed by atoms with Crippen LogP contribution in [-0.4, -0.2) is 23.0 Å². The lowest BCUT2D eigenvalue weighted by molar-refractivity contribution is 0.327. The molecule has 3 nitrogen and oxygen atoms in total. The first kappa shape index (κ1) is 13.4. The van der Waals surface area contributed by atoms with Gasteiger partial charge in [-0.05, 0) is 42.6 Å². The fourth-order valence-corrected chi connectivity index (χ4v) is 3.03. The minimum atomic E-state index is 0.562. The molecule has 1 atom stereocenters. The molecule has 0 aliphatic carbocycles.